The molecule has 1 aromatic carbocycles. The second-order valence-electron chi connectivity index (χ2n) is 3.91. The molecule has 2 rings (SSSR count). The van der Waals surface area contributed by atoms with Crippen molar-refractivity contribution in [1.29, 1.82) is 0 Å². The van der Waals surface area contributed by atoms with Gasteiger partial charge in [0.25, 0.3) is 0 Å². The van der Waals surface area contributed by atoms with E-state index in [0.717, 1.165) is 32.4 Å². The summed E-state index contributed by atoms with van der Waals surface area (Å²) in [5, 5.41) is 0.719. The van der Waals surface area contributed by atoms with Crippen LogP contribution in [-0.2, 0) is 11.9 Å². The molecule has 1 heterocycles. The highest BCUT2D eigenvalue weighted by atomic mass is 79.9. The van der Waals surface area contributed by atoms with E-state index < -0.39 is 0 Å². The lowest BCUT2D eigenvalue weighted by Crippen LogP contribution is -1.99. The highest BCUT2D eigenvalue weighted by Crippen LogP contribution is 2.27. The van der Waals surface area contributed by atoms with Gasteiger partial charge in [0.1, 0.15) is 18.1 Å². The molecule has 0 aliphatic carbocycles. The topological polar surface area (TPSA) is 31.4 Å². The third-order valence-corrected chi connectivity index (χ3v) is 3.61. The lowest BCUT2D eigenvalue weighted by atomic mass is 10.2. The van der Waals surface area contributed by atoms with Gasteiger partial charge >= 0.3 is 0 Å². The highest BCUT2D eigenvalue weighted by Gasteiger charge is 2.05. The van der Waals surface area contributed by atoms with Gasteiger partial charge in [0, 0.05) is 33.3 Å². The third-order valence-electron chi connectivity index (χ3n) is 2.57. The molecule has 0 fully saturated rings. The monoisotopic (exact) mass is 385 g/mol. The second kappa shape index (κ2) is 6.91. The Balaban J connectivity index is 2.11. The van der Waals surface area contributed by atoms with Crippen LogP contribution in [0.5, 0.6) is 11.5 Å². The third kappa shape index (κ3) is 3.94. The average Bonchev–Trinajstić information content (AvgIpc) is 2.45. The minimum absolute atomic E-state index is 0.485. The van der Waals surface area contributed by atoms with Gasteiger partial charge in [-0.05, 0) is 40.2 Å². The van der Waals surface area contributed by atoms with Crippen LogP contribution in [0.25, 0.3) is 0 Å². The first-order valence-electron chi connectivity index (χ1n) is 5.68. The van der Waals surface area contributed by atoms with Crippen LogP contribution in [0.15, 0.2) is 41.1 Å². The Morgan fingerprint density at radius 3 is 2.74 bits per heavy atom. The first-order valence-corrected chi connectivity index (χ1v) is 7.59. The van der Waals surface area contributed by atoms with Gasteiger partial charge < -0.3 is 9.47 Å². The fraction of sp³-hybridized carbons (Fsp3) is 0.214. The predicted octanol–water partition coefficient (Wildman–Crippen LogP) is 4.33. The van der Waals surface area contributed by atoms with Crippen molar-refractivity contribution >= 4 is 31.9 Å². The van der Waals surface area contributed by atoms with Gasteiger partial charge in [-0.25, -0.2) is 0 Å². The van der Waals surface area contributed by atoms with Crippen LogP contribution >= 0.6 is 31.9 Å². The molecule has 0 saturated carbocycles. The van der Waals surface area contributed by atoms with Crippen LogP contribution in [0.2, 0.25) is 0 Å². The van der Waals surface area contributed by atoms with Crippen LogP contribution in [0.4, 0.5) is 0 Å². The van der Waals surface area contributed by atoms with Crippen molar-refractivity contribution in [2.45, 2.75) is 11.9 Å². The standard InChI is InChI=1S/C14H13Br2NO2/c1-18-13-2-3-14(11(5-13)6-15)19-9-10-4-12(16)8-17-7-10/h2-5,7-8H,6,9H2,1H3. The molecule has 1 aromatic heterocycles. The summed E-state index contributed by atoms with van der Waals surface area (Å²) >= 11 is 6.85. The van der Waals surface area contributed by atoms with E-state index >= 15 is 0 Å². The highest BCUT2D eigenvalue weighted by molar-refractivity contribution is 9.10. The van der Waals surface area contributed by atoms with E-state index in [1.54, 1.807) is 19.5 Å². The zero-order valence-corrected chi connectivity index (χ0v) is 13.6. The van der Waals surface area contributed by atoms with Gasteiger partial charge in [-0.2, -0.15) is 0 Å². The summed E-state index contributed by atoms with van der Waals surface area (Å²) in [6, 6.07) is 7.76. The van der Waals surface area contributed by atoms with Crippen molar-refractivity contribution in [2.24, 2.45) is 0 Å². The van der Waals surface area contributed by atoms with Gasteiger partial charge in [-0.15, -0.1) is 0 Å². The Kier molecular flexibility index (Phi) is 5.22. The van der Waals surface area contributed by atoms with Crippen molar-refractivity contribution in [3.05, 3.63) is 52.3 Å². The first kappa shape index (κ1) is 14.3. The fourth-order valence-corrected chi connectivity index (χ4v) is 2.47. The molecule has 0 unspecified atom stereocenters. The lowest BCUT2D eigenvalue weighted by molar-refractivity contribution is 0.302. The maximum Gasteiger partial charge on any atom is 0.124 e. The lowest BCUT2D eigenvalue weighted by Gasteiger charge is -2.11. The van der Waals surface area contributed by atoms with Crippen molar-refractivity contribution in [2.75, 3.05) is 7.11 Å². The van der Waals surface area contributed by atoms with E-state index in [1.165, 1.54) is 0 Å². The first-order chi connectivity index (χ1) is 9.22. The maximum atomic E-state index is 5.82. The molecule has 0 radical (unpaired) electrons. The molecule has 3 nitrogen and oxygen atoms in total. The number of methoxy groups -OCH3 is 1. The van der Waals surface area contributed by atoms with Crippen molar-refractivity contribution in [3.63, 3.8) is 0 Å². The molecule has 19 heavy (non-hydrogen) atoms. The predicted molar refractivity (Wildman–Crippen MR) is 81.9 cm³/mol. The number of hydrogen-bond donors (Lipinski definition) is 0. The number of aromatic nitrogens is 1. The Morgan fingerprint density at radius 1 is 1.21 bits per heavy atom. The smallest absolute Gasteiger partial charge is 0.124 e. The zero-order valence-electron chi connectivity index (χ0n) is 10.4. The van der Waals surface area contributed by atoms with E-state index in [-0.39, 0.29) is 0 Å². The number of alkyl halides is 1. The number of halogens is 2. The number of pyridine rings is 1. The van der Waals surface area contributed by atoms with Crippen molar-refractivity contribution in [3.8, 4) is 11.5 Å². The molecule has 0 aliphatic rings. The van der Waals surface area contributed by atoms with Crippen LogP contribution in [0, 0.1) is 0 Å². The molecule has 2 aromatic rings. The number of rotatable bonds is 5. The Morgan fingerprint density at radius 2 is 2.05 bits per heavy atom. The van der Waals surface area contributed by atoms with E-state index in [0.29, 0.717) is 6.61 Å². The van der Waals surface area contributed by atoms with Gasteiger partial charge in [0.15, 0.2) is 0 Å². The Hall–Kier alpha value is -1.07. The van der Waals surface area contributed by atoms with E-state index in [4.69, 9.17) is 9.47 Å². The second-order valence-corrected chi connectivity index (χ2v) is 5.38. The zero-order chi connectivity index (χ0) is 13.7. The SMILES string of the molecule is COc1ccc(OCc2cncc(Br)c2)c(CBr)c1. The number of hydrogen-bond acceptors (Lipinski definition) is 3. The minimum atomic E-state index is 0.485. The molecular formula is C14H13Br2NO2. The average molecular weight is 387 g/mol. The maximum absolute atomic E-state index is 5.82. The summed E-state index contributed by atoms with van der Waals surface area (Å²) in [5.74, 6) is 1.67. The van der Waals surface area contributed by atoms with Gasteiger partial charge in [-0.1, -0.05) is 15.9 Å². The van der Waals surface area contributed by atoms with Gasteiger partial charge in [0.05, 0.1) is 7.11 Å². The summed E-state index contributed by atoms with van der Waals surface area (Å²) < 4.78 is 12.0. The van der Waals surface area contributed by atoms with E-state index in [9.17, 15) is 0 Å². The van der Waals surface area contributed by atoms with Crippen molar-refractivity contribution < 1.29 is 9.47 Å². The van der Waals surface area contributed by atoms with Crippen LogP contribution in [-0.4, -0.2) is 12.1 Å². The molecule has 0 spiro atoms. The molecule has 0 saturated heterocycles. The van der Waals surface area contributed by atoms with Gasteiger partial charge in [0.2, 0.25) is 0 Å². The largest absolute Gasteiger partial charge is 0.497 e. The summed E-state index contributed by atoms with van der Waals surface area (Å²) in [6.45, 7) is 0.485. The summed E-state index contributed by atoms with van der Waals surface area (Å²) in [6.07, 6.45) is 3.54. The quantitative estimate of drug-likeness (QED) is 0.716. The number of benzene rings is 1. The molecule has 100 valence electrons. The number of nitrogens with zero attached hydrogens (tertiary/aromatic N) is 1. The van der Waals surface area contributed by atoms with Crippen LogP contribution in [0.1, 0.15) is 11.1 Å². The van der Waals surface area contributed by atoms with Crippen molar-refractivity contribution in [1.82, 2.24) is 4.98 Å². The molecule has 5 heteroatoms. The van der Waals surface area contributed by atoms with Crippen LogP contribution in [0.3, 0.4) is 0 Å². The summed E-state index contributed by atoms with van der Waals surface area (Å²) in [4.78, 5) is 4.11. The van der Waals surface area contributed by atoms with Crippen LogP contribution < -0.4 is 9.47 Å². The van der Waals surface area contributed by atoms with Gasteiger partial charge in [-0.3, -0.25) is 4.98 Å². The molecular weight excluding hydrogens is 374 g/mol. The molecule has 0 amide bonds. The van der Waals surface area contributed by atoms with E-state index in [2.05, 4.69) is 36.8 Å². The fourth-order valence-electron chi connectivity index (χ4n) is 1.62. The Bertz CT molecular complexity index is 561. The Labute approximate surface area is 129 Å². The molecule has 0 atom stereocenters. The summed E-state index contributed by atoms with van der Waals surface area (Å²) in [7, 11) is 1.65. The van der Waals surface area contributed by atoms with E-state index in [1.807, 2.05) is 24.3 Å². The summed E-state index contributed by atoms with van der Waals surface area (Å²) in [5.41, 5.74) is 2.08. The minimum Gasteiger partial charge on any atom is -0.497 e. The molecule has 0 N–H and O–H groups in total. The normalized spacial score (nSPS) is 10.3. The molecule has 0 aliphatic heterocycles. The molecule has 0 bridgehead atoms. The number of ether oxygens (including phenoxy) is 2.